The van der Waals surface area contributed by atoms with E-state index in [9.17, 15) is 14.4 Å². The molecule has 2 N–H and O–H groups in total. The summed E-state index contributed by atoms with van der Waals surface area (Å²) < 4.78 is 5.46. The van der Waals surface area contributed by atoms with Gasteiger partial charge in [-0.3, -0.25) is 24.6 Å². The molecule has 3 aromatic carbocycles. The van der Waals surface area contributed by atoms with E-state index in [0.29, 0.717) is 28.0 Å². The molecule has 164 valence electrons. The molecule has 8 heteroatoms. The Bertz CT molecular complexity index is 1360. The van der Waals surface area contributed by atoms with Crippen molar-refractivity contribution in [3.8, 4) is 16.9 Å². The minimum absolute atomic E-state index is 0.210. The van der Waals surface area contributed by atoms with Gasteiger partial charge in [-0.15, -0.1) is 0 Å². The van der Waals surface area contributed by atoms with E-state index in [-0.39, 0.29) is 36.5 Å². The number of H-pyrrole nitrogens is 1. The van der Waals surface area contributed by atoms with Gasteiger partial charge >= 0.3 is 0 Å². The van der Waals surface area contributed by atoms with E-state index in [2.05, 4.69) is 15.3 Å². The van der Waals surface area contributed by atoms with Gasteiger partial charge in [0.1, 0.15) is 16.8 Å². The molecule has 1 saturated heterocycles. The first-order chi connectivity index (χ1) is 16.0. The molecule has 5 rings (SSSR count). The first-order valence-corrected chi connectivity index (χ1v) is 10.4. The third-order valence-corrected chi connectivity index (χ3v) is 5.58. The third kappa shape index (κ3) is 3.71. The SMILES string of the molecule is COc1ccc(-c2ccccc2)c2nc(NC(=O)c3ccc(N4C(=O)CCC4=O)cc3)[nH]c12. The fourth-order valence-electron chi connectivity index (χ4n) is 3.95. The molecule has 0 aliphatic carbocycles. The monoisotopic (exact) mass is 440 g/mol. The summed E-state index contributed by atoms with van der Waals surface area (Å²) in [6.45, 7) is 0. The second-order valence-corrected chi connectivity index (χ2v) is 7.61. The Kier molecular flexibility index (Phi) is 5.10. The fourth-order valence-corrected chi connectivity index (χ4v) is 3.95. The lowest BCUT2D eigenvalue weighted by Gasteiger charge is -2.13. The number of imidazole rings is 1. The molecule has 4 aromatic rings. The summed E-state index contributed by atoms with van der Waals surface area (Å²) in [6, 6.07) is 19.9. The maximum Gasteiger partial charge on any atom is 0.257 e. The van der Waals surface area contributed by atoms with Gasteiger partial charge in [-0.25, -0.2) is 4.98 Å². The molecule has 0 atom stereocenters. The maximum atomic E-state index is 12.8. The first-order valence-electron chi connectivity index (χ1n) is 10.4. The van der Waals surface area contributed by atoms with E-state index in [4.69, 9.17) is 4.74 Å². The Labute approximate surface area is 189 Å². The highest BCUT2D eigenvalue weighted by Crippen LogP contribution is 2.34. The molecule has 1 aliphatic rings. The van der Waals surface area contributed by atoms with Crippen molar-refractivity contribution in [1.82, 2.24) is 9.97 Å². The number of rotatable bonds is 5. The first kappa shape index (κ1) is 20.4. The summed E-state index contributed by atoms with van der Waals surface area (Å²) in [6.07, 6.45) is 0.420. The number of hydrogen-bond acceptors (Lipinski definition) is 5. The van der Waals surface area contributed by atoms with Crippen LogP contribution >= 0.6 is 0 Å². The van der Waals surface area contributed by atoms with Crippen LogP contribution in [0.5, 0.6) is 5.75 Å². The number of aromatic nitrogens is 2. The number of benzene rings is 3. The van der Waals surface area contributed by atoms with Gasteiger partial charge in [-0.2, -0.15) is 0 Å². The van der Waals surface area contributed by atoms with Crippen LogP contribution < -0.4 is 15.0 Å². The molecule has 1 aromatic heterocycles. The normalized spacial score (nSPS) is 13.5. The van der Waals surface area contributed by atoms with E-state index in [1.165, 1.54) is 0 Å². The number of carbonyl (C=O) groups is 3. The zero-order valence-corrected chi connectivity index (χ0v) is 17.8. The number of imide groups is 1. The van der Waals surface area contributed by atoms with Gasteiger partial charge in [-0.05, 0) is 42.0 Å². The molecule has 0 radical (unpaired) electrons. The highest BCUT2D eigenvalue weighted by atomic mass is 16.5. The molecule has 2 heterocycles. The average Bonchev–Trinajstić information content (AvgIpc) is 3.41. The largest absolute Gasteiger partial charge is 0.494 e. The van der Waals surface area contributed by atoms with Crippen LogP contribution in [-0.2, 0) is 9.59 Å². The van der Waals surface area contributed by atoms with Crippen molar-refractivity contribution < 1.29 is 19.1 Å². The number of ether oxygens (including phenoxy) is 1. The zero-order valence-electron chi connectivity index (χ0n) is 17.8. The number of carbonyl (C=O) groups excluding carboxylic acids is 3. The molecule has 0 spiro atoms. The van der Waals surface area contributed by atoms with Gasteiger partial charge in [0.15, 0.2) is 0 Å². The molecule has 0 saturated carbocycles. The van der Waals surface area contributed by atoms with Crippen molar-refractivity contribution in [3.05, 3.63) is 72.3 Å². The van der Waals surface area contributed by atoms with Gasteiger partial charge in [0.25, 0.3) is 5.91 Å². The predicted octanol–water partition coefficient (Wildman–Crippen LogP) is 4.14. The Morgan fingerprint density at radius 1 is 0.970 bits per heavy atom. The Morgan fingerprint density at radius 2 is 1.67 bits per heavy atom. The Morgan fingerprint density at radius 3 is 2.33 bits per heavy atom. The minimum Gasteiger partial charge on any atom is -0.494 e. The summed E-state index contributed by atoms with van der Waals surface area (Å²) in [4.78, 5) is 45.5. The van der Waals surface area contributed by atoms with E-state index >= 15 is 0 Å². The summed E-state index contributed by atoms with van der Waals surface area (Å²) in [5.41, 5.74) is 4.09. The van der Waals surface area contributed by atoms with Crippen LogP contribution in [0.1, 0.15) is 23.2 Å². The van der Waals surface area contributed by atoms with E-state index in [1.54, 1.807) is 31.4 Å². The summed E-state index contributed by atoms with van der Waals surface area (Å²) in [5.74, 6) is 0.0536. The highest BCUT2D eigenvalue weighted by Gasteiger charge is 2.30. The van der Waals surface area contributed by atoms with Crippen molar-refractivity contribution in [2.45, 2.75) is 12.8 Å². The number of aromatic amines is 1. The lowest BCUT2D eigenvalue weighted by Crippen LogP contribution is -2.28. The highest BCUT2D eigenvalue weighted by molar-refractivity contribution is 6.20. The van der Waals surface area contributed by atoms with Crippen LogP contribution in [-0.4, -0.2) is 34.8 Å². The Hall–Kier alpha value is -4.46. The van der Waals surface area contributed by atoms with Gasteiger partial charge in [0.05, 0.1) is 12.8 Å². The minimum atomic E-state index is -0.375. The molecule has 1 fully saturated rings. The molecule has 0 unspecified atom stereocenters. The fraction of sp³-hybridized carbons (Fsp3) is 0.120. The van der Waals surface area contributed by atoms with Crippen molar-refractivity contribution >= 4 is 40.4 Å². The average molecular weight is 440 g/mol. The second kappa shape index (κ2) is 8.23. The maximum absolute atomic E-state index is 12.8. The smallest absolute Gasteiger partial charge is 0.257 e. The third-order valence-electron chi connectivity index (χ3n) is 5.58. The van der Waals surface area contributed by atoms with Crippen LogP contribution in [0.2, 0.25) is 0 Å². The number of amides is 3. The summed E-state index contributed by atoms with van der Waals surface area (Å²) in [5, 5.41) is 2.78. The molecular weight excluding hydrogens is 420 g/mol. The van der Waals surface area contributed by atoms with E-state index < -0.39 is 0 Å². The number of nitrogens with zero attached hydrogens (tertiary/aromatic N) is 2. The van der Waals surface area contributed by atoms with Crippen molar-refractivity contribution in [3.63, 3.8) is 0 Å². The number of anilines is 2. The Balaban J connectivity index is 1.43. The lowest BCUT2D eigenvalue weighted by molar-refractivity contribution is -0.121. The second-order valence-electron chi connectivity index (χ2n) is 7.61. The van der Waals surface area contributed by atoms with Crippen molar-refractivity contribution in [1.29, 1.82) is 0 Å². The van der Waals surface area contributed by atoms with Crippen molar-refractivity contribution in [2.24, 2.45) is 0 Å². The van der Waals surface area contributed by atoms with Crippen molar-refractivity contribution in [2.75, 3.05) is 17.3 Å². The van der Waals surface area contributed by atoms with E-state index in [1.807, 2.05) is 42.5 Å². The summed E-state index contributed by atoms with van der Waals surface area (Å²) in [7, 11) is 1.58. The van der Waals surface area contributed by atoms with Gasteiger partial charge < -0.3 is 9.72 Å². The number of fused-ring (bicyclic) bond motifs is 1. The summed E-state index contributed by atoms with van der Waals surface area (Å²) >= 11 is 0. The lowest BCUT2D eigenvalue weighted by atomic mass is 10.0. The number of nitrogens with one attached hydrogen (secondary N) is 2. The quantitative estimate of drug-likeness (QED) is 0.454. The van der Waals surface area contributed by atoms with Crippen LogP contribution in [0.4, 0.5) is 11.6 Å². The van der Waals surface area contributed by atoms with Crippen LogP contribution in [0, 0.1) is 0 Å². The van der Waals surface area contributed by atoms with Gasteiger partial charge in [-0.1, -0.05) is 30.3 Å². The topological polar surface area (TPSA) is 104 Å². The molecule has 1 aliphatic heterocycles. The van der Waals surface area contributed by atoms with Crippen LogP contribution in [0.25, 0.3) is 22.2 Å². The van der Waals surface area contributed by atoms with Crippen LogP contribution in [0.3, 0.4) is 0 Å². The van der Waals surface area contributed by atoms with Gasteiger partial charge in [0.2, 0.25) is 17.8 Å². The molecular formula is C25H20N4O4. The molecule has 3 amide bonds. The zero-order chi connectivity index (χ0) is 22.9. The predicted molar refractivity (Wildman–Crippen MR) is 124 cm³/mol. The number of methoxy groups -OCH3 is 1. The molecule has 0 bridgehead atoms. The van der Waals surface area contributed by atoms with Crippen LogP contribution in [0.15, 0.2) is 66.7 Å². The number of hydrogen-bond donors (Lipinski definition) is 2. The van der Waals surface area contributed by atoms with E-state index in [0.717, 1.165) is 16.0 Å². The van der Waals surface area contributed by atoms with Gasteiger partial charge in [0, 0.05) is 24.0 Å². The molecule has 8 nitrogen and oxygen atoms in total. The standard InChI is InChI=1S/C25H20N4O4/c1-33-19-12-11-18(15-5-3-2-4-6-15)22-23(19)27-25(26-22)28-24(32)16-7-9-17(10-8-16)29-20(30)13-14-21(29)31/h2-12H,13-14H2,1H3,(H2,26,27,28,32). The molecule has 33 heavy (non-hydrogen) atoms.